The van der Waals surface area contributed by atoms with Gasteiger partial charge in [-0.05, 0) is 77.2 Å². The van der Waals surface area contributed by atoms with Crippen molar-refractivity contribution < 1.29 is 19.5 Å². The van der Waals surface area contributed by atoms with Crippen molar-refractivity contribution in [1.29, 1.82) is 0 Å². The second-order valence-electron chi connectivity index (χ2n) is 14.4. The molecule has 1 aliphatic carbocycles. The molecule has 45 heavy (non-hydrogen) atoms. The van der Waals surface area contributed by atoms with Gasteiger partial charge in [-0.2, -0.15) is 0 Å². The molecule has 1 aliphatic rings. The van der Waals surface area contributed by atoms with Crippen LogP contribution in [0, 0.1) is 11.3 Å². The van der Waals surface area contributed by atoms with Gasteiger partial charge in [0.2, 0.25) is 5.91 Å². The fourth-order valence-electron chi connectivity index (χ4n) is 6.00. The van der Waals surface area contributed by atoms with Crippen molar-refractivity contribution >= 4 is 17.8 Å². The third kappa shape index (κ3) is 9.46. The van der Waals surface area contributed by atoms with E-state index in [0.29, 0.717) is 22.7 Å². The number of carboxylic acids is 1. The number of hydrogen-bond donors (Lipinski definition) is 3. The first-order chi connectivity index (χ1) is 21.2. The van der Waals surface area contributed by atoms with Gasteiger partial charge in [0.25, 0.3) is 5.91 Å². The van der Waals surface area contributed by atoms with Gasteiger partial charge in [-0.1, -0.05) is 77.9 Å². The molecule has 4 rings (SSSR count). The van der Waals surface area contributed by atoms with Crippen LogP contribution in [-0.4, -0.2) is 45.4 Å². The molecule has 3 aromatic rings. The normalized spacial score (nSPS) is 17.7. The lowest BCUT2D eigenvalue weighted by Gasteiger charge is -2.37. The monoisotopic (exact) mass is 612 g/mol. The molecule has 8 heteroatoms. The van der Waals surface area contributed by atoms with Crippen molar-refractivity contribution in [3.05, 3.63) is 83.2 Å². The van der Waals surface area contributed by atoms with Crippen LogP contribution in [0.1, 0.15) is 107 Å². The number of amides is 2. The number of rotatable bonds is 10. The largest absolute Gasteiger partial charge is 0.481 e. The summed E-state index contributed by atoms with van der Waals surface area (Å²) in [5.41, 5.74) is 4.76. The summed E-state index contributed by atoms with van der Waals surface area (Å²) in [4.78, 5) is 46.5. The number of carbonyl (C=O) groups excluding carboxylic acids is 2. The van der Waals surface area contributed by atoms with Crippen molar-refractivity contribution in [2.75, 3.05) is 6.54 Å². The van der Waals surface area contributed by atoms with Crippen LogP contribution in [0.15, 0.2) is 60.9 Å². The van der Waals surface area contributed by atoms with Gasteiger partial charge in [0.1, 0.15) is 6.04 Å². The standard InChI is InChI=1S/C37H48N4O4/c1-36(2,3)29-15-11-25(12-16-29)28-22-39-33(40-23-28)26-9-7-24(8-10-26)21-31(35(45)38-20-19-32(42)43)41-34(44)27-13-17-30(18-14-27)37(4,5)6/h7-10,13-14,17-18,22-23,25,29,31H,11-12,15-16,19-21H2,1-6H3,(H,38,45)(H,41,44)(H,42,43)/t25?,29?,31-/m0/s1. The molecular formula is C37H48N4O4. The minimum Gasteiger partial charge on any atom is -0.481 e. The Kier molecular flexibility index (Phi) is 10.8. The molecule has 1 fully saturated rings. The van der Waals surface area contributed by atoms with Gasteiger partial charge in [0.05, 0.1) is 6.42 Å². The highest BCUT2D eigenvalue weighted by atomic mass is 16.4. The molecule has 0 aliphatic heterocycles. The maximum atomic E-state index is 13.1. The van der Waals surface area contributed by atoms with Crippen molar-refractivity contribution in [2.24, 2.45) is 11.3 Å². The Labute approximate surface area is 267 Å². The lowest BCUT2D eigenvalue weighted by molar-refractivity contribution is -0.137. The average molecular weight is 613 g/mol. The summed E-state index contributed by atoms with van der Waals surface area (Å²) < 4.78 is 0. The Morgan fingerprint density at radius 3 is 2.00 bits per heavy atom. The van der Waals surface area contributed by atoms with Crippen molar-refractivity contribution in [3.63, 3.8) is 0 Å². The zero-order valence-corrected chi connectivity index (χ0v) is 27.5. The molecule has 1 saturated carbocycles. The van der Waals surface area contributed by atoms with E-state index in [1.54, 1.807) is 12.1 Å². The zero-order valence-electron chi connectivity index (χ0n) is 27.5. The smallest absolute Gasteiger partial charge is 0.305 e. The predicted octanol–water partition coefficient (Wildman–Crippen LogP) is 6.69. The minimum atomic E-state index is -1.01. The summed E-state index contributed by atoms with van der Waals surface area (Å²) in [6.07, 6.45) is 8.76. The molecule has 0 radical (unpaired) electrons. The van der Waals surface area contributed by atoms with E-state index in [0.717, 1.165) is 22.6 Å². The van der Waals surface area contributed by atoms with Gasteiger partial charge >= 0.3 is 5.97 Å². The van der Waals surface area contributed by atoms with Gasteiger partial charge in [-0.25, -0.2) is 9.97 Å². The Morgan fingerprint density at radius 1 is 0.867 bits per heavy atom. The Balaban J connectivity index is 1.42. The quantitative estimate of drug-likeness (QED) is 0.235. The highest BCUT2D eigenvalue weighted by Crippen LogP contribution is 2.43. The molecule has 1 atom stereocenters. The molecule has 2 aromatic carbocycles. The predicted molar refractivity (Wildman–Crippen MR) is 177 cm³/mol. The molecule has 0 bridgehead atoms. The van der Waals surface area contributed by atoms with Gasteiger partial charge < -0.3 is 15.7 Å². The SMILES string of the molecule is CC(C)(C)c1ccc(C(=O)N[C@@H](Cc2ccc(-c3ncc(C4CCC(C(C)(C)C)CC4)cn3)cc2)C(=O)NCCC(=O)O)cc1. The second kappa shape index (κ2) is 14.4. The first kappa shape index (κ1) is 33.8. The molecule has 2 amide bonds. The molecule has 0 unspecified atom stereocenters. The molecule has 8 nitrogen and oxygen atoms in total. The topological polar surface area (TPSA) is 121 Å². The van der Waals surface area contributed by atoms with E-state index < -0.39 is 17.9 Å². The van der Waals surface area contributed by atoms with Crippen LogP contribution in [0.3, 0.4) is 0 Å². The Bertz CT molecular complexity index is 1440. The van der Waals surface area contributed by atoms with Crippen molar-refractivity contribution in [3.8, 4) is 11.4 Å². The third-order valence-electron chi connectivity index (χ3n) is 9.02. The lowest BCUT2D eigenvalue weighted by Crippen LogP contribution is -2.48. The molecule has 0 spiro atoms. The molecular weight excluding hydrogens is 564 g/mol. The van der Waals surface area contributed by atoms with E-state index in [4.69, 9.17) is 5.11 Å². The molecule has 3 N–H and O–H groups in total. The maximum Gasteiger partial charge on any atom is 0.305 e. The number of carbonyl (C=O) groups is 3. The van der Waals surface area contributed by atoms with Crippen LogP contribution in [0.2, 0.25) is 0 Å². The third-order valence-corrected chi connectivity index (χ3v) is 9.02. The van der Waals surface area contributed by atoms with E-state index in [-0.39, 0.29) is 30.7 Å². The molecule has 1 heterocycles. The first-order valence-corrected chi connectivity index (χ1v) is 16.0. The summed E-state index contributed by atoms with van der Waals surface area (Å²) in [6.45, 7) is 13.3. The first-order valence-electron chi connectivity index (χ1n) is 16.0. The summed E-state index contributed by atoms with van der Waals surface area (Å²) in [5, 5.41) is 14.5. The van der Waals surface area contributed by atoms with E-state index >= 15 is 0 Å². The van der Waals surface area contributed by atoms with Gasteiger partial charge in [0.15, 0.2) is 5.82 Å². The summed E-state index contributed by atoms with van der Waals surface area (Å²) in [5.74, 6) is 0.0972. The van der Waals surface area contributed by atoms with Gasteiger partial charge in [-0.15, -0.1) is 0 Å². The average Bonchev–Trinajstić information content (AvgIpc) is 3.00. The van der Waals surface area contributed by atoms with E-state index in [9.17, 15) is 14.4 Å². The summed E-state index contributed by atoms with van der Waals surface area (Å²) >= 11 is 0. The zero-order chi connectivity index (χ0) is 32.8. The molecule has 240 valence electrons. The van der Waals surface area contributed by atoms with E-state index in [1.165, 1.54) is 31.2 Å². The van der Waals surface area contributed by atoms with Gasteiger partial charge in [-0.3, -0.25) is 14.4 Å². The number of hydrogen-bond acceptors (Lipinski definition) is 5. The van der Waals surface area contributed by atoms with Gasteiger partial charge in [0, 0.05) is 36.5 Å². The van der Waals surface area contributed by atoms with Crippen molar-refractivity contribution in [2.45, 2.75) is 97.4 Å². The summed E-state index contributed by atoms with van der Waals surface area (Å²) in [7, 11) is 0. The number of nitrogens with zero attached hydrogens (tertiary/aromatic N) is 2. The maximum absolute atomic E-state index is 13.1. The lowest BCUT2D eigenvalue weighted by atomic mass is 9.69. The van der Waals surface area contributed by atoms with Crippen LogP contribution in [-0.2, 0) is 21.4 Å². The van der Waals surface area contributed by atoms with E-state index in [2.05, 4.69) is 62.1 Å². The number of carboxylic acid groups (broad SMARTS) is 1. The van der Waals surface area contributed by atoms with Crippen LogP contribution in [0.25, 0.3) is 11.4 Å². The van der Waals surface area contributed by atoms with Crippen molar-refractivity contribution in [1.82, 2.24) is 20.6 Å². The number of aromatic nitrogens is 2. The van der Waals surface area contributed by atoms with Crippen LogP contribution < -0.4 is 10.6 Å². The molecule has 1 aromatic heterocycles. The van der Waals surface area contributed by atoms with Crippen LogP contribution in [0.5, 0.6) is 0 Å². The van der Waals surface area contributed by atoms with Crippen LogP contribution in [0.4, 0.5) is 0 Å². The fraction of sp³-hybridized carbons (Fsp3) is 0.486. The Morgan fingerprint density at radius 2 is 1.47 bits per heavy atom. The number of benzene rings is 2. The second-order valence-corrected chi connectivity index (χ2v) is 14.4. The summed E-state index contributed by atoms with van der Waals surface area (Å²) in [6, 6.07) is 14.1. The fourth-order valence-corrected chi connectivity index (χ4v) is 6.00. The Hall–Kier alpha value is -4.07. The van der Waals surface area contributed by atoms with E-state index in [1.807, 2.05) is 48.8 Å². The highest BCUT2D eigenvalue weighted by molar-refractivity contribution is 5.97. The van der Waals surface area contributed by atoms with Crippen LogP contribution >= 0.6 is 0 Å². The highest BCUT2D eigenvalue weighted by Gasteiger charge is 2.30. The minimum absolute atomic E-state index is 0.0227. The molecule has 0 saturated heterocycles. The number of nitrogens with one attached hydrogen (secondary N) is 2. The number of aliphatic carboxylic acids is 1.